The number of hydrogen-bond acceptors (Lipinski definition) is 4. The van der Waals surface area contributed by atoms with Crippen LogP contribution in [0.15, 0.2) is 24.4 Å². The lowest BCUT2D eigenvalue weighted by Gasteiger charge is -2.25. The van der Waals surface area contributed by atoms with E-state index in [1.165, 1.54) is 36.6 Å². The molecule has 2 aliphatic heterocycles. The van der Waals surface area contributed by atoms with Crippen LogP contribution in [0.25, 0.3) is 0 Å². The highest BCUT2D eigenvalue weighted by molar-refractivity contribution is 7.19. The molecule has 4 rings (SSSR count). The van der Waals surface area contributed by atoms with Gasteiger partial charge in [-0.1, -0.05) is 22.9 Å². The number of nitrogens with one attached hydrogen (secondary N) is 1. The molecular formula is C17H16ClFN4O2S. The standard InChI is InChI=1S/C17H16ClFN4O2S/c1-10(24)22-5-4-17(8-22)9-23(13-3-2-11(19)6-12(13)17)16(25)21-15-20-7-14(18)26-15/h2-3,6-7H,4-5,8-9H2,1H3,(H,20,21,25). The quantitative estimate of drug-likeness (QED) is 0.805. The lowest BCUT2D eigenvalue weighted by atomic mass is 9.81. The first-order chi connectivity index (χ1) is 12.4. The Morgan fingerprint density at radius 3 is 2.85 bits per heavy atom. The van der Waals surface area contributed by atoms with Crippen molar-refractivity contribution in [2.45, 2.75) is 18.8 Å². The third-order valence-electron chi connectivity index (χ3n) is 5.02. The molecule has 1 fully saturated rings. The predicted octanol–water partition coefficient (Wildman–Crippen LogP) is 3.48. The highest BCUT2D eigenvalue weighted by Crippen LogP contribution is 2.46. The van der Waals surface area contributed by atoms with E-state index in [1.54, 1.807) is 15.9 Å². The second-order valence-electron chi connectivity index (χ2n) is 6.62. The first kappa shape index (κ1) is 17.2. The van der Waals surface area contributed by atoms with Gasteiger partial charge in [-0.05, 0) is 30.2 Å². The van der Waals surface area contributed by atoms with E-state index in [0.717, 1.165) is 5.56 Å². The molecule has 26 heavy (non-hydrogen) atoms. The van der Waals surface area contributed by atoms with Crippen LogP contribution in [0.3, 0.4) is 0 Å². The van der Waals surface area contributed by atoms with Gasteiger partial charge in [0.2, 0.25) is 5.91 Å². The molecule has 3 amide bonds. The Hall–Kier alpha value is -2.19. The normalized spacial score (nSPS) is 21.3. The van der Waals surface area contributed by atoms with Crippen molar-refractivity contribution in [3.8, 4) is 0 Å². The number of fused-ring (bicyclic) bond motifs is 2. The van der Waals surface area contributed by atoms with E-state index in [9.17, 15) is 14.0 Å². The van der Waals surface area contributed by atoms with Gasteiger partial charge in [-0.2, -0.15) is 0 Å². The lowest BCUT2D eigenvalue weighted by molar-refractivity contribution is -0.127. The minimum absolute atomic E-state index is 0.0137. The highest BCUT2D eigenvalue weighted by Gasteiger charge is 2.49. The number of carbonyl (C=O) groups is 2. The zero-order valence-electron chi connectivity index (χ0n) is 14.0. The van der Waals surface area contributed by atoms with Crippen LogP contribution in [0, 0.1) is 5.82 Å². The van der Waals surface area contributed by atoms with E-state index in [0.29, 0.717) is 41.2 Å². The summed E-state index contributed by atoms with van der Waals surface area (Å²) < 4.78 is 14.4. The maximum Gasteiger partial charge on any atom is 0.328 e. The van der Waals surface area contributed by atoms with Crippen LogP contribution in [0.4, 0.5) is 20.0 Å². The van der Waals surface area contributed by atoms with Crippen LogP contribution >= 0.6 is 22.9 Å². The van der Waals surface area contributed by atoms with Crippen molar-refractivity contribution in [1.82, 2.24) is 9.88 Å². The van der Waals surface area contributed by atoms with Gasteiger partial charge < -0.3 is 4.90 Å². The number of urea groups is 1. The van der Waals surface area contributed by atoms with Crippen molar-refractivity contribution in [2.75, 3.05) is 29.9 Å². The lowest BCUT2D eigenvalue weighted by Crippen LogP contribution is -2.41. The molecule has 1 spiro atoms. The molecule has 136 valence electrons. The van der Waals surface area contributed by atoms with E-state index in [4.69, 9.17) is 11.6 Å². The fourth-order valence-corrected chi connectivity index (χ4v) is 4.59. The van der Waals surface area contributed by atoms with Crippen molar-refractivity contribution < 1.29 is 14.0 Å². The van der Waals surface area contributed by atoms with Crippen LogP contribution in [0.1, 0.15) is 18.9 Å². The molecule has 2 aromatic rings. The van der Waals surface area contributed by atoms with Crippen LogP contribution in [-0.2, 0) is 10.2 Å². The predicted molar refractivity (Wildman–Crippen MR) is 98.4 cm³/mol. The summed E-state index contributed by atoms with van der Waals surface area (Å²) in [7, 11) is 0. The van der Waals surface area contributed by atoms with Gasteiger partial charge in [0.1, 0.15) is 10.2 Å². The number of likely N-dealkylation sites (tertiary alicyclic amines) is 1. The Kier molecular flexibility index (Phi) is 4.11. The number of amides is 3. The Labute approximate surface area is 158 Å². The Balaban J connectivity index is 1.66. The molecule has 0 radical (unpaired) electrons. The first-order valence-electron chi connectivity index (χ1n) is 8.13. The SMILES string of the molecule is CC(=O)N1CCC2(C1)CN(C(=O)Nc1ncc(Cl)s1)c1ccc(F)cc12. The molecule has 1 saturated heterocycles. The van der Waals surface area contributed by atoms with E-state index < -0.39 is 5.41 Å². The molecule has 0 aliphatic carbocycles. The Morgan fingerprint density at radius 2 is 2.19 bits per heavy atom. The monoisotopic (exact) mass is 394 g/mol. The van der Waals surface area contributed by atoms with Crippen molar-refractivity contribution in [3.63, 3.8) is 0 Å². The summed E-state index contributed by atoms with van der Waals surface area (Å²) in [6.07, 6.45) is 2.16. The number of anilines is 2. The number of rotatable bonds is 1. The number of hydrogen-bond donors (Lipinski definition) is 1. The molecule has 1 unspecified atom stereocenters. The number of nitrogens with zero attached hydrogens (tertiary/aromatic N) is 3. The number of thiazole rings is 1. The first-order valence-corrected chi connectivity index (χ1v) is 9.33. The molecule has 6 nitrogen and oxygen atoms in total. The number of benzene rings is 1. The molecule has 0 bridgehead atoms. The van der Waals surface area contributed by atoms with Crippen LogP contribution < -0.4 is 10.2 Å². The molecule has 1 aromatic carbocycles. The smallest absolute Gasteiger partial charge is 0.328 e. The molecule has 1 N–H and O–H groups in total. The summed E-state index contributed by atoms with van der Waals surface area (Å²) >= 11 is 7.03. The van der Waals surface area contributed by atoms with Gasteiger partial charge in [-0.15, -0.1) is 0 Å². The van der Waals surface area contributed by atoms with Crippen molar-refractivity contribution in [1.29, 1.82) is 0 Å². The molecule has 9 heteroatoms. The van der Waals surface area contributed by atoms with E-state index >= 15 is 0 Å². The van der Waals surface area contributed by atoms with Crippen molar-refractivity contribution in [3.05, 3.63) is 40.1 Å². The number of aromatic nitrogens is 1. The van der Waals surface area contributed by atoms with E-state index in [-0.39, 0.29) is 17.8 Å². The summed E-state index contributed by atoms with van der Waals surface area (Å²) in [6, 6.07) is 4.09. The van der Waals surface area contributed by atoms with Gasteiger partial charge in [0.25, 0.3) is 0 Å². The summed E-state index contributed by atoms with van der Waals surface area (Å²) in [5, 5.41) is 3.14. The maximum atomic E-state index is 13.9. The largest absolute Gasteiger partial charge is 0.342 e. The molecule has 1 aromatic heterocycles. The van der Waals surface area contributed by atoms with Gasteiger partial charge in [-0.3, -0.25) is 15.0 Å². The van der Waals surface area contributed by atoms with Crippen LogP contribution in [0.2, 0.25) is 4.34 Å². The van der Waals surface area contributed by atoms with Crippen molar-refractivity contribution in [2.24, 2.45) is 0 Å². The molecule has 0 saturated carbocycles. The summed E-state index contributed by atoms with van der Waals surface area (Å²) in [6.45, 7) is 2.99. The van der Waals surface area contributed by atoms with Gasteiger partial charge in [0.15, 0.2) is 5.13 Å². The summed E-state index contributed by atoms with van der Waals surface area (Å²) in [5.41, 5.74) is 0.992. The third kappa shape index (κ3) is 2.83. The second kappa shape index (κ2) is 6.21. The molecule has 3 heterocycles. The Bertz CT molecular complexity index is 905. The fraction of sp³-hybridized carbons (Fsp3) is 0.353. The van der Waals surface area contributed by atoms with Gasteiger partial charge in [0, 0.05) is 37.7 Å². The van der Waals surface area contributed by atoms with E-state index in [1.807, 2.05) is 0 Å². The van der Waals surface area contributed by atoms with Crippen molar-refractivity contribution >= 4 is 45.7 Å². The van der Waals surface area contributed by atoms with Crippen LogP contribution in [0.5, 0.6) is 0 Å². The zero-order chi connectivity index (χ0) is 18.5. The third-order valence-corrected chi connectivity index (χ3v) is 6.05. The second-order valence-corrected chi connectivity index (χ2v) is 8.28. The minimum Gasteiger partial charge on any atom is -0.342 e. The van der Waals surface area contributed by atoms with E-state index in [2.05, 4.69) is 10.3 Å². The minimum atomic E-state index is -0.443. The number of halogens is 2. The summed E-state index contributed by atoms with van der Waals surface area (Å²) in [5.74, 6) is -0.362. The van der Waals surface area contributed by atoms with Gasteiger partial charge in [-0.25, -0.2) is 14.2 Å². The summed E-state index contributed by atoms with van der Waals surface area (Å²) in [4.78, 5) is 31.9. The molecular weight excluding hydrogens is 379 g/mol. The van der Waals surface area contributed by atoms with Crippen LogP contribution in [-0.4, -0.2) is 41.5 Å². The number of carbonyl (C=O) groups excluding carboxylic acids is 2. The average molecular weight is 395 g/mol. The topological polar surface area (TPSA) is 65.5 Å². The molecule has 2 aliphatic rings. The fourth-order valence-electron chi connectivity index (χ4n) is 3.78. The average Bonchev–Trinajstić information content (AvgIpc) is 3.27. The zero-order valence-corrected chi connectivity index (χ0v) is 15.5. The van der Waals surface area contributed by atoms with Gasteiger partial charge >= 0.3 is 6.03 Å². The van der Waals surface area contributed by atoms with Gasteiger partial charge in [0.05, 0.1) is 6.20 Å². The maximum absolute atomic E-state index is 13.9. The Morgan fingerprint density at radius 1 is 1.38 bits per heavy atom. The highest BCUT2D eigenvalue weighted by atomic mass is 35.5. The molecule has 1 atom stereocenters.